The molecule has 0 fully saturated rings. The van der Waals surface area contributed by atoms with Crippen LogP contribution in [0, 0.1) is 0 Å². The maximum absolute atomic E-state index is 12.0. The minimum Gasteiger partial charge on any atom is -0.316 e. The lowest BCUT2D eigenvalue weighted by molar-refractivity contribution is -0.120. The average molecular weight is 212 g/mol. The molecule has 0 spiro atoms. The summed E-state index contributed by atoms with van der Waals surface area (Å²) in [6.45, 7) is 1.90. The number of benzene rings is 1. The van der Waals surface area contributed by atoms with Crippen molar-refractivity contribution in [2.45, 2.75) is 19.4 Å². The summed E-state index contributed by atoms with van der Waals surface area (Å²) in [7, 11) is 0. The molecule has 1 unspecified atom stereocenters. The molecular formula is C13H12N2O. The Hall–Kier alpha value is -1.90. The van der Waals surface area contributed by atoms with Gasteiger partial charge in [0.25, 0.3) is 0 Å². The van der Waals surface area contributed by atoms with E-state index in [9.17, 15) is 4.79 Å². The number of carbonyl (C=O) groups excluding carboxylic acids is 1. The van der Waals surface area contributed by atoms with Gasteiger partial charge < -0.3 is 4.57 Å². The molecule has 3 nitrogen and oxygen atoms in total. The summed E-state index contributed by atoms with van der Waals surface area (Å²) < 4.78 is 1.97. The summed E-state index contributed by atoms with van der Waals surface area (Å²) in [6, 6.07) is 7.88. The molecule has 16 heavy (non-hydrogen) atoms. The highest BCUT2D eigenvalue weighted by Crippen LogP contribution is 2.39. The number of Topliss-reactive ketones (excluding diaryl/α,β-unsaturated/α-hetero) is 1. The summed E-state index contributed by atoms with van der Waals surface area (Å²) in [5.74, 6) is 0.240. The van der Waals surface area contributed by atoms with Gasteiger partial charge in [0.05, 0.1) is 18.2 Å². The van der Waals surface area contributed by atoms with E-state index in [4.69, 9.17) is 0 Å². The first-order chi connectivity index (χ1) is 7.83. The number of aromatic nitrogens is 2. The van der Waals surface area contributed by atoms with Crippen LogP contribution < -0.4 is 0 Å². The topological polar surface area (TPSA) is 34.9 Å². The van der Waals surface area contributed by atoms with E-state index < -0.39 is 0 Å². The SMILES string of the molecule is CCC(=O)C1c2ccccc2-c2cncn21. The highest BCUT2D eigenvalue weighted by molar-refractivity contribution is 5.90. The van der Waals surface area contributed by atoms with Crippen LogP contribution in [0.5, 0.6) is 0 Å². The molecule has 0 N–H and O–H groups in total. The van der Waals surface area contributed by atoms with E-state index in [1.165, 1.54) is 0 Å². The number of carbonyl (C=O) groups is 1. The second kappa shape index (κ2) is 3.30. The number of imidazole rings is 1. The third kappa shape index (κ3) is 1.08. The van der Waals surface area contributed by atoms with Crippen molar-refractivity contribution in [3.63, 3.8) is 0 Å². The second-order valence-electron chi connectivity index (χ2n) is 4.00. The highest BCUT2D eigenvalue weighted by Gasteiger charge is 2.31. The first-order valence-corrected chi connectivity index (χ1v) is 5.46. The summed E-state index contributed by atoms with van der Waals surface area (Å²) in [6.07, 6.45) is 4.12. The van der Waals surface area contributed by atoms with E-state index in [-0.39, 0.29) is 11.8 Å². The molecule has 3 rings (SSSR count). The molecule has 0 saturated heterocycles. The van der Waals surface area contributed by atoms with E-state index in [1.807, 2.05) is 42.0 Å². The van der Waals surface area contributed by atoms with Gasteiger partial charge in [-0.15, -0.1) is 0 Å². The molecule has 3 heteroatoms. The molecule has 2 heterocycles. The molecule has 0 radical (unpaired) electrons. The molecule has 0 saturated carbocycles. The van der Waals surface area contributed by atoms with Crippen LogP contribution in [0.15, 0.2) is 36.8 Å². The van der Waals surface area contributed by atoms with Gasteiger partial charge in [0, 0.05) is 12.0 Å². The minimum absolute atomic E-state index is 0.168. The molecular weight excluding hydrogens is 200 g/mol. The van der Waals surface area contributed by atoms with Crippen LogP contribution in [-0.4, -0.2) is 15.3 Å². The largest absolute Gasteiger partial charge is 0.316 e. The Morgan fingerprint density at radius 2 is 2.25 bits per heavy atom. The van der Waals surface area contributed by atoms with Crippen LogP contribution >= 0.6 is 0 Å². The number of ketones is 1. The fourth-order valence-electron chi connectivity index (χ4n) is 2.36. The lowest BCUT2D eigenvalue weighted by Gasteiger charge is -2.11. The van der Waals surface area contributed by atoms with E-state index in [2.05, 4.69) is 4.98 Å². The zero-order valence-electron chi connectivity index (χ0n) is 9.05. The van der Waals surface area contributed by atoms with Crippen LogP contribution in [0.4, 0.5) is 0 Å². The Morgan fingerprint density at radius 1 is 1.44 bits per heavy atom. The molecule has 0 aliphatic carbocycles. The lowest BCUT2D eigenvalue weighted by atomic mass is 9.99. The van der Waals surface area contributed by atoms with Crippen LogP contribution in [-0.2, 0) is 4.79 Å². The Kier molecular flexibility index (Phi) is 1.93. The maximum atomic E-state index is 12.0. The third-order valence-electron chi connectivity index (χ3n) is 3.13. The van der Waals surface area contributed by atoms with E-state index >= 15 is 0 Å². The lowest BCUT2D eigenvalue weighted by Crippen LogP contribution is -2.15. The predicted molar refractivity (Wildman–Crippen MR) is 61.1 cm³/mol. The smallest absolute Gasteiger partial charge is 0.159 e. The molecule has 0 bridgehead atoms. The summed E-state index contributed by atoms with van der Waals surface area (Å²) in [5, 5.41) is 0. The fourth-order valence-corrected chi connectivity index (χ4v) is 2.36. The van der Waals surface area contributed by atoms with Crippen LogP contribution in [0.1, 0.15) is 24.9 Å². The summed E-state index contributed by atoms with van der Waals surface area (Å²) >= 11 is 0. The van der Waals surface area contributed by atoms with Gasteiger partial charge in [-0.05, 0) is 5.56 Å². The van der Waals surface area contributed by atoms with E-state index in [0.717, 1.165) is 16.8 Å². The molecule has 2 aromatic rings. The molecule has 1 aromatic heterocycles. The van der Waals surface area contributed by atoms with Crippen LogP contribution in [0.3, 0.4) is 0 Å². The third-order valence-corrected chi connectivity index (χ3v) is 3.13. The summed E-state index contributed by atoms with van der Waals surface area (Å²) in [5.41, 5.74) is 3.28. The monoisotopic (exact) mass is 212 g/mol. The average Bonchev–Trinajstić information content (AvgIpc) is 2.87. The number of hydrogen-bond acceptors (Lipinski definition) is 2. The van der Waals surface area contributed by atoms with Gasteiger partial charge in [0.15, 0.2) is 5.78 Å². The fraction of sp³-hybridized carbons (Fsp3) is 0.231. The van der Waals surface area contributed by atoms with Crippen LogP contribution in [0.25, 0.3) is 11.3 Å². The Bertz CT molecular complexity index is 557. The molecule has 1 aliphatic heterocycles. The van der Waals surface area contributed by atoms with Gasteiger partial charge in [0.1, 0.15) is 6.04 Å². The number of nitrogens with zero attached hydrogens (tertiary/aromatic N) is 2. The van der Waals surface area contributed by atoms with Crippen molar-refractivity contribution in [1.29, 1.82) is 0 Å². The standard InChI is InChI=1S/C13H12N2O/c1-2-12(16)13-10-6-4-3-5-9(10)11-7-14-8-15(11)13/h3-8,13H,2H2,1H3. The normalized spacial score (nSPS) is 16.9. The maximum Gasteiger partial charge on any atom is 0.159 e. The quantitative estimate of drug-likeness (QED) is 0.766. The van der Waals surface area contributed by atoms with Gasteiger partial charge in [0.2, 0.25) is 0 Å². The molecule has 1 aromatic carbocycles. The molecule has 0 amide bonds. The van der Waals surface area contributed by atoms with Gasteiger partial charge in [-0.2, -0.15) is 0 Å². The second-order valence-corrected chi connectivity index (χ2v) is 4.00. The first-order valence-electron chi connectivity index (χ1n) is 5.46. The van der Waals surface area contributed by atoms with Crippen LogP contribution in [0.2, 0.25) is 0 Å². The van der Waals surface area contributed by atoms with Crippen molar-refractivity contribution in [2.24, 2.45) is 0 Å². The number of hydrogen-bond donors (Lipinski definition) is 0. The van der Waals surface area contributed by atoms with Crippen molar-refractivity contribution in [1.82, 2.24) is 9.55 Å². The van der Waals surface area contributed by atoms with Crippen molar-refractivity contribution in [3.05, 3.63) is 42.4 Å². The Balaban J connectivity index is 2.25. The predicted octanol–water partition coefficient (Wildman–Crippen LogP) is 2.43. The molecule has 1 aliphatic rings. The first kappa shape index (κ1) is 9.33. The van der Waals surface area contributed by atoms with Crippen molar-refractivity contribution < 1.29 is 4.79 Å². The Morgan fingerprint density at radius 3 is 3.06 bits per heavy atom. The van der Waals surface area contributed by atoms with E-state index in [1.54, 1.807) is 6.33 Å². The zero-order chi connectivity index (χ0) is 11.1. The van der Waals surface area contributed by atoms with Crippen molar-refractivity contribution in [3.8, 4) is 11.3 Å². The van der Waals surface area contributed by atoms with Gasteiger partial charge >= 0.3 is 0 Å². The van der Waals surface area contributed by atoms with Gasteiger partial charge in [-0.3, -0.25) is 4.79 Å². The highest BCUT2D eigenvalue weighted by atomic mass is 16.1. The van der Waals surface area contributed by atoms with E-state index in [0.29, 0.717) is 6.42 Å². The molecule has 1 atom stereocenters. The summed E-state index contributed by atoms with van der Waals surface area (Å²) in [4.78, 5) is 16.1. The minimum atomic E-state index is -0.168. The van der Waals surface area contributed by atoms with Gasteiger partial charge in [-0.25, -0.2) is 4.98 Å². The number of rotatable bonds is 2. The zero-order valence-corrected chi connectivity index (χ0v) is 9.05. The van der Waals surface area contributed by atoms with Crippen molar-refractivity contribution in [2.75, 3.05) is 0 Å². The Labute approximate surface area is 93.7 Å². The molecule has 80 valence electrons. The number of fused-ring (bicyclic) bond motifs is 3. The van der Waals surface area contributed by atoms with Gasteiger partial charge in [-0.1, -0.05) is 31.2 Å². The van der Waals surface area contributed by atoms with Crippen molar-refractivity contribution >= 4 is 5.78 Å².